The molecule has 80 valence electrons. The molecule has 4 heteroatoms. The average Bonchev–Trinajstić information content (AvgIpc) is 2.19. The minimum Gasteiger partial charge on any atom is -0.378 e. The third-order valence-corrected chi connectivity index (χ3v) is 3.49. The van der Waals surface area contributed by atoms with Crippen molar-refractivity contribution >= 4 is 23.2 Å². The highest BCUT2D eigenvalue weighted by Gasteiger charge is 2.28. The molecule has 2 aliphatic rings. The van der Waals surface area contributed by atoms with Crippen LogP contribution in [0.15, 0.2) is 11.8 Å². The topological polar surface area (TPSA) is 12.5 Å². The molecule has 1 heterocycles. The number of rotatable bonds is 1. The van der Waals surface area contributed by atoms with E-state index < -0.39 is 4.33 Å². The molecule has 0 spiro atoms. The van der Waals surface area contributed by atoms with Crippen LogP contribution in [0.1, 0.15) is 19.3 Å². The van der Waals surface area contributed by atoms with Gasteiger partial charge in [0.1, 0.15) is 4.33 Å². The Labute approximate surface area is 94.8 Å². The van der Waals surface area contributed by atoms with Crippen molar-refractivity contribution in [2.75, 3.05) is 26.3 Å². The molecule has 0 radical (unpaired) electrons. The summed E-state index contributed by atoms with van der Waals surface area (Å²) in [6, 6.07) is 0. The van der Waals surface area contributed by atoms with Crippen LogP contribution in [-0.2, 0) is 4.74 Å². The predicted octanol–water partition coefficient (Wildman–Crippen LogP) is 2.56. The van der Waals surface area contributed by atoms with Gasteiger partial charge in [0.05, 0.1) is 13.2 Å². The summed E-state index contributed by atoms with van der Waals surface area (Å²) in [5, 5.41) is 0. The predicted molar refractivity (Wildman–Crippen MR) is 58.8 cm³/mol. The zero-order valence-electron chi connectivity index (χ0n) is 8.14. The van der Waals surface area contributed by atoms with Crippen molar-refractivity contribution in [2.24, 2.45) is 0 Å². The molecule has 14 heavy (non-hydrogen) atoms. The Balaban J connectivity index is 1.95. The summed E-state index contributed by atoms with van der Waals surface area (Å²) in [4.78, 5) is 2.38. The van der Waals surface area contributed by atoms with Gasteiger partial charge in [-0.05, 0) is 12.8 Å². The van der Waals surface area contributed by atoms with E-state index in [0.29, 0.717) is 0 Å². The molecule has 2 nitrogen and oxygen atoms in total. The molecule has 1 fully saturated rings. The van der Waals surface area contributed by atoms with Crippen LogP contribution >= 0.6 is 23.2 Å². The maximum absolute atomic E-state index is 6.05. The third-order valence-electron chi connectivity index (χ3n) is 2.80. The normalized spacial score (nSPS) is 27.3. The standard InChI is InChI=1S/C10H15Cl2NO/c11-10(12)3-1-9(2-4-10)13-5-7-14-8-6-13/h1H,2-8H2. The number of allylic oxidation sites excluding steroid dienone is 2. The first-order valence-corrected chi connectivity index (χ1v) is 5.82. The van der Waals surface area contributed by atoms with Crippen LogP contribution in [0.4, 0.5) is 0 Å². The first kappa shape index (κ1) is 10.6. The summed E-state index contributed by atoms with van der Waals surface area (Å²) in [5.74, 6) is 0. The second-order valence-electron chi connectivity index (χ2n) is 3.85. The molecule has 1 saturated heterocycles. The summed E-state index contributed by atoms with van der Waals surface area (Å²) >= 11 is 12.1. The Morgan fingerprint density at radius 2 is 2.00 bits per heavy atom. The molecule has 0 aromatic carbocycles. The summed E-state index contributed by atoms with van der Waals surface area (Å²) in [6.45, 7) is 3.68. The van der Waals surface area contributed by atoms with Crippen LogP contribution in [0, 0.1) is 0 Å². The SMILES string of the molecule is ClC1(Cl)CC=C(N2CCOCC2)CC1. The van der Waals surface area contributed by atoms with Gasteiger partial charge in [-0.25, -0.2) is 0 Å². The van der Waals surface area contributed by atoms with Crippen molar-refractivity contribution in [3.05, 3.63) is 11.8 Å². The van der Waals surface area contributed by atoms with Crippen LogP contribution in [0.2, 0.25) is 0 Å². The van der Waals surface area contributed by atoms with E-state index in [-0.39, 0.29) is 0 Å². The number of halogens is 2. The van der Waals surface area contributed by atoms with E-state index in [2.05, 4.69) is 11.0 Å². The van der Waals surface area contributed by atoms with Crippen molar-refractivity contribution in [3.8, 4) is 0 Å². The molecule has 2 rings (SSSR count). The van der Waals surface area contributed by atoms with E-state index in [1.807, 2.05) is 0 Å². The monoisotopic (exact) mass is 235 g/mol. The van der Waals surface area contributed by atoms with Crippen LogP contribution < -0.4 is 0 Å². The molecule has 1 aliphatic carbocycles. The van der Waals surface area contributed by atoms with Gasteiger partial charge >= 0.3 is 0 Å². The van der Waals surface area contributed by atoms with Gasteiger partial charge in [-0.1, -0.05) is 6.08 Å². The molecule has 0 unspecified atom stereocenters. The number of alkyl halides is 2. The van der Waals surface area contributed by atoms with Gasteiger partial charge in [-0.15, -0.1) is 23.2 Å². The molecule has 0 atom stereocenters. The Bertz CT molecular complexity index is 234. The van der Waals surface area contributed by atoms with E-state index in [4.69, 9.17) is 27.9 Å². The van der Waals surface area contributed by atoms with E-state index in [1.54, 1.807) is 0 Å². The molecule has 0 bridgehead atoms. The van der Waals surface area contributed by atoms with Gasteiger partial charge in [-0.2, -0.15) is 0 Å². The lowest BCUT2D eigenvalue weighted by Crippen LogP contribution is -2.37. The van der Waals surface area contributed by atoms with E-state index in [0.717, 1.165) is 45.6 Å². The summed E-state index contributed by atoms with van der Waals surface area (Å²) in [6.07, 6.45) is 4.80. The maximum atomic E-state index is 6.05. The first-order valence-electron chi connectivity index (χ1n) is 5.07. The van der Waals surface area contributed by atoms with Crippen LogP contribution in [0.5, 0.6) is 0 Å². The number of nitrogens with zero attached hydrogens (tertiary/aromatic N) is 1. The molecule has 0 aromatic heterocycles. The van der Waals surface area contributed by atoms with Crippen molar-refractivity contribution < 1.29 is 4.74 Å². The third kappa shape index (κ3) is 2.56. The summed E-state index contributed by atoms with van der Waals surface area (Å²) in [5.41, 5.74) is 1.39. The van der Waals surface area contributed by atoms with E-state index in [9.17, 15) is 0 Å². The highest BCUT2D eigenvalue weighted by molar-refractivity contribution is 6.48. The van der Waals surface area contributed by atoms with Gasteiger partial charge in [-0.3, -0.25) is 0 Å². The van der Waals surface area contributed by atoms with Crippen molar-refractivity contribution in [1.29, 1.82) is 0 Å². The zero-order valence-corrected chi connectivity index (χ0v) is 9.65. The fraction of sp³-hybridized carbons (Fsp3) is 0.800. The molecule has 0 saturated carbocycles. The molecular weight excluding hydrogens is 221 g/mol. The molecule has 0 aromatic rings. The smallest absolute Gasteiger partial charge is 0.122 e. The van der Waals surface area contributed by atoms with Crippen LogP contribution in [0.25, 0.3) is 0 Å². The Morgan fingerprint density at radius 3 is 2.57 bits per heavy atom. The van der Waals surface area contributed by atoms with Crippen molar-refractivity contribution in [3.63, 3.8) is 0 Å². The van der Waals surface area contributed by atoms with Crippen LogP contribution in [0.3, 0.4) is 0 Å². The quantitative estimate of drug-likeness (QED) is 0.649. The van der Waals surface area contributed by atoms with Crippen LogP contribution in [-0.4, -0.2) is 35.5 Å². The fourth-order valence-corrected chi connectivity index (χ4v) is 2.26. The summed E-state index contributed by atoms with van der Waals surface area (Å²) in [7, 11) is 0. The Morgan fingerprint density at radius 1 is 1.29 bits per heavy atom. The lowest BCUT2D eigenvalue weighted by molar-refractivity contribution is 0.0512. The highest BCUT2D eigenvalue weighted by atomic mass is 35.5. The number of hydrogen-bond donors (Lipinski definition) is 0. The molecule has 0 N–H and O–H groups in total. The lowest BCUT2D eigenvalue weighted by atomic mass is 10.0. The summed E-state index contributed by atoms with van der Waals surface area (Å²) < 4.78 is 4.78. The molecule has 0 amide bonds. The van der Waals surface area contributed by atoms with Gasteiger partial charge in [0, 0.05) is 25.2 Å². The van der Waals surface area contributed by atoms with Gasteiger partial charge in [0.15, 0.2) is 0 Å². The van der Waals surface area contributed by atoms with Crippen molar-refractivity contribution in [2.45, 2.75) is 23.6 Å². The number of morpholine rings is 1. The lowest BCUT2D eigenvalue weighted by Gasteiger charge is -2.35. The zero-order chi connectivity index (χ0) is 10.0. The largest absolute Gasteiger partial charge is 0.378 e. The molecular formula is C10H15Cl2NO. The number of hydrogen-bond acceptors (Lipinski definition) is 2. The second-order valence-corrected chi connectivity index (χ2v) is 5.50. The molecule has 1 aliphatic heterocycles. The van der Waals surface area contributed by atoms with E-state index >= 15 is 0 Å². The maximum Gasteiger partial charge on any atom is 0.122 e. The average molecular weight is 236 g/mol. The van der Waals surface area contributed by atoms with E-state index in [1.165, 1.54) is 5.70 Å². The minimum atomic E-state index is -0.532. The van der Waals surface area contributed by atoms with Gasteiger partial charge in [0.2, 0.25) is 0 Å². The van der Waals surface area contributed by atoms with Gasteiger partial charge < -0.3 is 9.64 Å². The van der Waals surface area contributed by atoms with Gasteiger partial charge in [0.25, 0.3) is 0 Å². The first-order chi connectivity index (χ1) is 6.67. The Hall–Kier alpha value is 0.0800. The second kappa shape index (κ2) is 4.30. The minimum absolute atomic E-state index is 0.532. The highest BCUT2D eigenvalue weighted by Crippen LogP contribution is 2.37. The van der Waals surface area contributed by atoms with Crippen molar-refractivity contribution in [1.82, 2.24) is 4.90 Å². The number of ether oxygens (including phenoxy) is 1. The fourth-order valence-electron chi connectivity index (χ4n) is 1.92. The Kier molecular flexibility index (Phi) is 3.25.